The number of hydrogen-bond donors (Lipinski definition) is 1. The highest BCUT2D eigenvalue weighted by atomic mass is 32.2. The average molecular weight is 390 g/mol. The Morgan fingerprint density at radius 3 is 2.70 bits per heavy atom. The Morgan fingerprint density at radius 1 is 1.15 bits per heavy atom. The molecule has 0 saturated carbocycles. The fraction of sp³-hybridized carbons (Fsp3) is 0.316. The number of methoxy groups -OCH3 is 1. The molecule has 0 saturated heterocycles. The number of hydrogen-bond acceptors (Lipinski definition) is 5. The van der Waals surface area contributed by atoms with Gasteiger partial charge < -0.3 is 9.15 Å². The van der Waals surface area contributed by atoms with Gasteiger partial charge in [0.1, 0.15) is 5.75 Å². The van der Waals surface area contributed by atoms with E-state index in [-0.39, 0.29) is 10.5 Å². The van der Waals surface area contributed by atoms with Gasteiger partial charge in [0.15, 0.2) is 5.58 Å². The maximum Gasteiger partial charge on any atom is 0.419 e. The predicted octanol–water partition coefficient (Wildman–Crippen LogP) is 2.44. The molecule has 3 aromatic rings. The van der Waals surface area contributed by atoms with Gasteiger partial charge in [0.25, 0.3) is 0 Å². The SMILES string of the molecule is COc1ccccc1CCCCNS(=O)(=O)c1ccc2c(c1)oc(=O)n2C. The third-order valence-electron chi connectivity index (χ3n) is 4.43. The van der Waals surface area contributed by atoms with Gasteiger partial charge in [-0.3, -0.25) is 4.57 Å². The molecule has 0 amide bonds. The quantitative estimate of drug-likeness (QED) is 0.597. The molecule has 0 fully saturated rings. The summed E-state index contributed by atoms with van der Waals surface area (Å²) in [6.45, 7) is 0.328. The zero-order chi connectivity index (χ0) is 19.4. The van der Waals surface area contributed by atoms with E-state index in [2.05, 4.69) is 4.72 Å². The highest BCUT2D eigenvalue weighted by Crippen LogP contribution is 2.20. The van der Waals surface area contributed by atoms with Crippen molar-refractivity contribution in [2.75, 3.05) is 13.7 Å². The number of oxazole rings is 1. The molecule has 1 N–H and O–H groups in total. The van der Waals surface area contributed by atoms with Crippen LogP contribution in [0.3, 0.4) is 0 Å². The molecule has 3 rings (SSSR count). The molecule has 0 unspecified atom stereocenters. The molecule has 0 aliphatic rings. The molecular weight excluding hydrogens is 368 g/mol. The third kappa shape index (κ3) is 4.23. The number of rotatable bonds is 8. The van der Waals surface area contributed by atoms with Crippen molar-refractivity contribution in [3.63, 3.8) is 0 Å². The van der Waals surface area contributed by atoms with Gasteiger partial charge in [0, 0.05) is 19.7 Å². The number of ether oxygens (including phenoxy) is 1. The van der Waals surface area contributed by atoms with Crippen LogP contribution in [0.25, 0.3) is 11.1 Å². The van der Waals surface area contributed by atoms with Crippen LogP contribution < -0.4 is 15.2 Å². The number of para-hydroxylation sites is 1. The number of aryl methyl sites for hydroxylation is 2. The van der Waals surface area contributed by atoms with Crippen LogP contribution in [0.15, 0.2) is 56.6 Å². The summed E-state index contributed by atoms with van der Waals surface area (Å²) in [5.74, 6) is 0.319. The van der Waals surface area contributed by atoms with E-state index in [9.17, 15) is 13.2 Å². The molecule has 0 radical (unpaired) electrons. The van der Waals surface area contributed by atoms with Gasteiger partial charge in [-0.15, -0.1) is 0 Å². The van der Waals surface area contributed by atoms with Crippen LogP contribution in [-0.2, 0) is 23.5 Å². The summed E-state index contributed by atoms with van der Waals surface area (Å²) in [5, 5.41) is 0. The van der Waals surface area contributed by atoms with Crippen molar-refractivity contribution in [1.82, 2.24) is 9.29 Å². The number of nitrogens with one attached hydrogen (secondary N) is 1. The first kappa shape index (κ1) is 19.2. The van der Waals surface area contributed by atoms with E-state index in [1.54, 1.807) is 20.2 Å². The Kier molecular flexibility index (Phi) is 5.67. The summed E-state index contributed by atoms with van der Waals surface area (Å²) >= 11 is 0. The first-order valence-electron chi connectivity index (χ1n) is 8.63. The Morgan fingerprint density at radius 2 is 1.93 bits per heavy atom. The van der Waals surface area contributed by atoms with E-state index in [1.807, 2.05) is 24.3 Å². The lowest BCUT2D eigenvalue weighted by Crippen LogP contribution is -2.24. The Balaban J connectivity index is 1.58. The summed E-state index contributed by atoms with van der Waals surface area (Å²) in [6, 6.07) is 12.2. The van der Waals surface area contributed by atoms with E-state index >= 15 is 0 Å². The monoisotopic (exact) mass is 390 g/mol. The smallest absolute Gasteiger partial charge is 0.419 e. The highest BCUT2D eigenvalue weighted by molar-refractivity contribution is 7.89. The number of fused-ring (bicyclic) bond motifs is 1. The zero-order valence-electron chi connectivity index (χ0n) is 15.3. The van der Waals surface area contributed by atoms with E-state index < -0.39 is 15.8 Å². The Bertz CT molecular complexity index is 1100. The molecule has 0 atom stereocenters. The minimum absolute atomic E-state index is 0.0779. The zero-order valence-corrected chi connectivity index (χ0v) is 16.1. The first-order valence-corrected chi connectivity index (χ1v) is 10.1. The largest absolute Gasteiger partial charge is 0.496 e. The summed E-state index contributed by atoms with van der Waals surface area (Å²) < 4.78 is 39.2. The highest BCUT2D eigenvalue weighted by Gasteiger charge is 2.16. The van der Waals surface area contributed by atoms with Crippen LogP contribution in [0, 0.1) is 0 Å². The van der Waals surface area contributed by atoms with Crippen molar-refractivity contribution < 1.29 is 17.6 Å². The Hall–Kier alpha value is -2.58. The van der Waals surface area contributed by atoms with Gasteiger partial charge in [0.05, 0.1) is 17.5 Å². The molecule has 0 bridgehead atoms. The second-order valence-corrected chi connectivity index (χ2v) is 7.99. The average Bonchev–Trinajstić information content (AvgIpc) is 2.95. The van der Waals surface area contributed by atoms with Crippen molar-refractivity contribution in [3.8, 4) is 5.75 Å². The van der Waals surface area contributed by atoms with E-state index in [0.717, 1.165) is 24.2 Å². The summed E-state index contributed by atoms with van der Waals surface area (Å²) in [7, 11) is -0.450. The molecule has 7 nitrogen and oxygen atoms in total. The summed E-state index contributed by atoms with van der Waals surface area (Å²) in [6.07, 6.45) is 2.34. The maximum absolute atomic E-state index is 12.4. The molecule has 27 heavy (non-hydrogen) atoms. The lowest BCUT2D eigenvalue weighted by atomic mass is 10.1. The minimum atomic E-state index is -3.66. The summed E-state index contributed by atoms with van der Waals surface area (Å²) in [4.78, 5) is 11.6. The van der Waals surface area contributed by atoms with E-state index in [0.29, 0.717) is 18.5 Å². The molecule has 2 aromatic carbocycles. The Labute approximate surface area is 157 Å². The molecule has 1 heterocycles. The molecular formula is C19H22N2O5S. The molecule has 0 aliphatic carbocycles. The van der Waals surface area contributed by atoms with Crippen LogP contribution in [-0.4, -0.2) is 26.6 Å². The molecule has 1 aromatic heterocycles. The van der Waals surface area contributed by atoms with Crippen molar-refractivity contribution >= 4 is 21.1 Å². The number of sulfonamides is 1. The third-order valence-corrected chi connectivity index (χ3v) is 5.89. The summed E-state index contributed by atoms with van der Waals surface area (Å²) in [5.41, 5.74) is 1.91. The van der Waals surface area contributed by atoms with E-state index in [4.69, 9.17) is 9.15 Å². The van der Waals surface area contributed by atoms with Crippen molar-refractivity contribution in [1.29, 1.82) is 0 Å². The molecule has 144 valence electrons. The van der Waals surface area contributed by atoms with Crippen LogP contribution in [0.2, 0.25) is 0 Å². The number of unbranched alkanes of at least 4 members (excludes halogenated alkanes) is 1. The van der Waals surface area contributed by atoms with Crippen LogP contribution >= 0.6 is 0 Å². The lowest BCUT2D eigenvalue weighted by Gasteiger charge is -2.09. The number of aromatic nitrogens is 1. The van der Waals surface area contributed by atoms with E-state index in [1.165, 1.54) is 16.7 Å². The van der Waals surface area contributed by atoms with Crippen LogP contribution in [0.5, 0.6) is 5.75 Å². The van der Waals surface area contributed by atoms with Crippen LogP contribution in [0.1, 0.15) is 18.4 Å². The predicted molar refractivity (Wildman–Crippen MR) is 103 cm³/mol. The lowest BCUT2D eigenvalue weighted by molar-refractivity contribution is 0.409. The number of benzene rings is 2. The maximum atomic E-state index is 12.4. The second kappa shape index (κ2) is 7.98. The van der Waals surface area contributed by atoms with Crippen LogP contribution in [0.4, 0.5) is 0 Å². The van der Waals surface area contributed by atoms with Crippen molar-refractivity contribution in [3.05, 3.63) is 58.6 Å². The van der Waals surface area contributed by atoms with Crippen molar-refractivity contribution in [2.24, 2.45) is 7.05 Å². The number of nitrogens with zero attached hydrogens (tertiary/aromatic N) is 1. The minimum Gasteiger partial charge on any atom is -0.496 e. The van der Waals surface area contributed by atoms with Gasteiger partial charge in [-0.1, -0.05) is 18.2 Å². The van der Waals surface area contributed by atoms with Gasteiger partial charge in [-0.2, -0.15) is 0 Å². The standard InChI is InChI=1S/C19H22N2O5S/c1-21-16-11-10-15(13-18(16)26-19(21)22)27(23,24)20-12-6-5-8-14-7-3-4-9-17(14)25-2/h3-4,7,9-11,13,20H,5-6,8,12H2,1-2H3. The van der Waals surface area contributed by atoms with Gasteiger partial charge in [-0.05, 0) is 43.0 Å². The van der Waals surface area contributed by atoms with Crippen molar-refractivity contribution in [2.45, 2.75) is 24.2 Å². The fourth-order valence-electron chi connectivity index (χ4n) is 2.92. The first-order chi connectivity index (χ1) is 12.9. The topological polar surface area (TPSA) is 90.5 Å². The molecule has 8 heteroatoms. The normalized spacial score (nSPS) is 11.8. The molecule has 0 spiro atoms. The van der Waals surface area contributed by atoms with Gasteiger partial charge in [0.2, 0.25) is 10.0 Å². The van der Waals surface area contributed by atoms with Gasteiger partial charge >= 0.3 is 5.76 Å². The van der Waals surface area contributed by atoms with Gasteiger partial charge in [-0.25, -0.2) is 17.9 Å². The molecule has 0 aliphatic heterocycles. The second-order valence-electron chi connectivity index (χ2n) is 6.22. The fourth-order valence-corrected chi connectivity index (χ4v) is 4.01.